The van der Waals surface area contributed by atoms with E-state index >= 15 is 0 Å². The Labute approximate surface area is 124 Å². The standard InChI is InChI=1S/C18H20FNO/c1-12-17(10-18(12)20)14-4-8-16(9-5-14)21-11-13-2-6-15(19)7-3-13/h2-9,12,17-18H,10-11,20H2,1H3. The van der Waals surface area contributed by atoms with E-state index in [1.165, 1.54) is 17.7 Å². The van der Waals surface area contributed by atoms with Gasteiger partial charge in [0.15, 0.2) is 0 Å². The predicted octanol–water partition coefficient (Wildman–Crippen LogP) is 3.86. The van der Waals surface area contributed by atoms with E-state index < -0.39 is 0 Å². The second-order valence-corrected chi connectivity index (χ2v) is 5.85. The summed E-state index contributed by atoms with van der Waals surface area (Å²) in [6, 6.07) is 14.9. The summed E-state index contributed by atoms with van der Waals surface area (Å²) in [5, 5.41) is 0. The van der Waals surface area contributed by atoms with Crippen LogP contribution in [0, 0.1) is 11.7 Å². The van der Waals surface area contributed by atoms with E-state index in [9.17, 15) is 4.39 Å². The van der Waals surface area contributed by atoms with Crippen LogP contribution in [0.15, 0.2) is 48.5 Å². The molecule has 1 aliphatic carbocycles. The number of rotatable bonds is 4. The molecule has 1 fully saturated rings. The van der Waals surface area contributed by atoms with Gasteiger partial charge < -0.3 is 10.5 Å². The van der Waals surface area contributed by atoms with E-state index in [1.807, 2.05) is 12.1 Å². The van der Waals surface area contributed by atoms with Crippen molar-refractivity contribution in [3.8, 4) is 5.75 Å². The van der Waals surface area contributed by atoms with E-state index in [-0.39, 0.29) is 5.82 Å². The Kier molecular flexibility index (Phi) is 3.93. The predicted molar refractivity (Wildman–Crippen MR) is 81.7 cm³/mol. The molecule has 21 heavy (non-hydrogen) atoms. The fraction of sp³-hybridized carbons (Fsp3) is 0.333. The molecule has 3 atom stereocenters. The molecular weight excluding hydrogens is 265 g/mol. The van der Waals surface area contributed by atoms with E-state index in [1.54, 1.807) is 12.1 Å². The van der Waals surface area contributed by atoms with Crippen molar-refractivity contribution in [3.05, 3.63) is 65.5 Å². The Morgan fingerprint density at radius 3 is 2.33 bits per heavy atom. The third kappa shape index (κ3) is 3.08. The van der Waals surface area contributed by atoms with Gasteiger partial charge in [-0.2, -0.15) is 0 Å². The summed E-state index contributed by atoms with van der Waals surface area (Å²) in [6.07, 6.45) is 1.07. The Bertz CT molecular complexity index is 594. The molecule has 0 heterocycles. The quantitative estimate of drug-likeness (QED) is 0.926. The van der Waals surface area contributed by atoms with Crippen molar-refractivity contribution >= 4 is 0 Å². The highest BCUT2D eigenvalue weighted by Gasteiger charge is 2.35. The fourth-order valence-electron chi connectivity index (χ4n) is 2.82. The summed E-state index contributed by atoms with van der Waals surface area (Å²) >= 11 is 0. The van der Waals surface area contributed by atoms with E-state index in [0.29, 0.717) is 24.5 Å². The molecule has 2 N–H and O–H groups in total. The summed E-state index contributed by atoms with van der Waals surface area (Å²) in [5.41, 5.74) is 8.24. The Balaban J connectivity index is 1.58. The molecule has 3 rings (SSSR count). The molecule has 0 spiro atoms. The first-order valence-electron chi connectivity index (χ1n) is 7.36. The molecule has 3 heteroatoms. The maximum absolute atomic E-state index is 12.8. The van der Waals surface area contributed by atoms with Gasteiger partial charge in [0.1, 0.15) is 18.2 Å². The Morgan fingerprint density at radius 1 is 1.10 bits per heavy atom. The molecule has 0 amide bonds. The lowest BCUT2D eigenvalue weighted by Gasteiger charge is -2.40. The number of nitrogens with two attached hydrogens (primary N) is 1. The van der Waals surface area contributed by atoms with Crippen LogP contribution in [0.4, 0.5) is 4.39 Å². The average molecular weight is 285 g/mol. The van der Waals surface area contributed by atoms with Crippen molar-refractivity contribution in [2.75, 3.05) is 0 Å². The molecule has 0 saturated heterocycles. The van der Waals surface area contributed by atoms with E-state index in [2.05, 4.69) is 19.1 Å². The van der Waals surface area contributed by atoms with Crippen LogP contribution >= 0.6 is 0 Å². The molecule has 3 unspecified atom stereocenters. The fourth-order valence-corrected chi connectivity index (χ4v) is 2.82. The molecule has 110 valence electrons. The smallest absolute Gasteiger partial charge is 0.123 e. The molecule has 0 aromatic heterocycles. The Hall–Kier alpha value is -1.87. The first-order valence-corrected chi connectivity index (χ1v) is 7.36. The maximum atomic E-state index is 12.8. The highest BCUT2D eigenvalue weighted by atomic mass is 19.1. The summed E-state index contributed by atoms with van der Waals surface area (Å²) in [7, 11) is 0. The normalized spacial score (nSPS) is 24.4. The second-order valence-electron chi connectivity index (χ2n) is 5.85. The van der Waals surface area contributed by atoms with Crippen molar-refractivity contribution in [3.63, 3.8) is 0 Å². The molecule has 1 saturated carbocycles. The largest absolute Gasteiger partial charge is 0.489 e. The van der Waals surface area contributed by atoms with Crippen molar-refractivity contribution in [2.45, 2.75) is 31.9 Å². The van der Waals surface area contributed by atoms with Gasteiger partial charge in [-0.15, -0.1) is 0 Å². The molecule has 1 aliphatic rings. The minimum atomic E-state index is -0.226. The van der Waals surface area contributed by atoms with Crippen LogP contribution in [0.2, 0.25) is 0 Å². The van der Waals surface area contributed by atoms with Crippen molar-refractivity contribution < 1.29 is 9.13 Å². The Morgan fingerprint density at radius 2 is 1.76 bits per heavy atom. The van der Waals surface area contributed by atoms with E-state index in [0.717, 1.165) is 17.7 Å². The topological polar surface area (TPSA) is 35.2 Å². The third-order valence-corrected chi connectivity index (χ3v) is 4.46. The van der Waals surface area contributed by atoms with Gasteiger partial charge in [-0.3, -0.25) is 0 Å². The average Bonchev–Trinajstić information content (AvgIpc) is 2.52. The van der Waals surface area contributed by atoms with Crippen molar-refractivity contribution in [2.24, 2.45) is 11.7 Å². The van der Waals surface area contributed by atoms with Gasteiger partial charge in [0.25, 0.3) is 0 Å². The summed E-state index contributed by atoms with van der Waals surface area (Å²) in [4.78, 5) is 0. The number of ether oxygens (including phenoxy) is 1. The number of benzene rings is 2. The minimum Gasteiger partial charge on any atom is -0.489 e. The van der Waals surface area contributed by atoms with Crippen LogP contribution in [0.25, 0.3) is 0 Å². The molecule has 0 bridgehead atoms. The van der Waals surface area contributed by atoms with E-state index in [4.69, 9.17) is 10.5 Å². The van der Waals surface area contributed by atoms with Gasteiger partial charge in [0, 0.05) is 6.04 Å². The van der Waals surface area contributed by atoms with Gasteiger partial charge in [-0.05, 0) is 53.6 Å². The zero-order valence-corrected chi connectivity index (χ0v) is 12.1. The van der Waals surface area contributed by atoms with Crippen LogP contribution in [0.1, 0.15) is 30.4 Å². The van der Waals surface area contributed by atoms with Crippen LogP contribution < -0.4 is 10.5 Å². The number of hydrogen-bond acceptors (Lipinski definition) is 2. The first-order chi connectivity index (χ1) is 10.1. The van der Waals surface area contributed by atoms with Crippen molar-refractivity contribution in [1.29, 1.82) is 0 Å². The molecule has 2 nitrogen and oxygen atoms in total. The monoisotopic (exact) mass is 285 g/mol. The van der Waals surface area contributed by atoms with Crippen LogP contribution in [0.5, 0.6) is 5.75 Å². The SMILES string of the molecule is CC1C(N)CC1c1ccc(OCc2ccc(F)cc2)cc1. The van der Waals surface area contributed by atoms with Crippen LogP contribution in [-0.4, -0.2) is 6.04 Å². The summed E-state index contributed by atoms with van der Waals surface area (Å²) in [5.74, 6) is 1.73. The third-order valence-electron chi connectivity index (χ3n) is 4.46. The lowest BCUT2D eigenvalue weighted by Crippen LogP contribution is -2.44. The number of halogens is 1. The van der Waals surface area contributed by atoms with Gasteiger partial charge in [0.05, 0.1) is 0 Å². The molecule has 0 radical (unpaired) electrons. The molecule has 0 aliphatic heterocycles. The highest BCUT2D eigenvalue weighted by Crippen LogP contribution is 2.41. The van der Waals surface area contributed by atoms with Gasteiger partial charge in [-0.25, -0.2) is 4.39 Å². The highest BCUT2D eigenvalue weighted by molar-refractivity contribution is 5.32. The molecular formula is C18H20FNO. The zero-order valence-electron chi connectivity index (χ0n) is 12.1. The van der Waals surface area contributed by atoms with Crippen molar-refractivity contribution in [1.82, 2.24) is 0 Å². The molecule has 2 aromatic carbocycles. The maximum Gasteiger partial charge on any atom is 0.123 e. The number of hydrogen-bond donors (Lipinski definition) is 1. The zero-order chi connectivity index (χ0) is 14.8. The summed E-state index contributed by atoms with van der Waals surface area (Å²) in [6.45, 7) is 2.65. The second kappa shape index (κ2) is 5.86. The van der Waals surface area contributed by atoms with Gasteiger partial charge in [-0.1, -0.05) is 31.2 Å². The lowest BCUT2D eigenvalue weighted by molar-refractivity contribution is 0.226. The van der Waals surface area contributed by atoms with Crippen LogP contribution in [-0.2, 0) is 6.61 Å². The van der Waals surface area contributed by atoms with Gasteiger partial charge >= 0.3 is 0 Å². The summed E-state index contributed by atoms with van der Waals surface area (Å²) < 4.78 is 18.5. The first kappa shape index (κ1) is 14.1. The van der Waals surface area contributed by atoms with Gasteiger partial charge in [0.2, 0.25) is 0 Å². The lowest BCUT2D eigenvalue weighted by atomic mass is 9.67. The molecule has 2 aromatic rings. The van der Waals surface area contributed by atoms with Crippen LogP contribution in [0.3, 0.4) is 0 Å². The minimum absolute atomic E-state index is 0.226.